The molecule has 0 unspecified atom stereocenters. The number of halogens is 3. The van der Waals surface area contributed by atoms with Crippen molar-refractivity contribution in [2.24, 2.45) is 0 Å². The summed E-state index contributed by atoms with van der Waals surface area (Å²) in [6.45, 7) is 0. The Hall–Kier alpha value is -2.55. The molecule has 1 amide bonds. The van der Waals surface area contributed by atoms with Gasteiger partial charge < -0.3 is 11.1 Å². The van der Waals surface area contributed by atoms with E-state index in [0.717, 1.165) is 0 Å². The molecular formula is C17H13BrCl2N6O. The fraction of sp³-hybridized carbons (Fsp3) is 0. The third kappa shape index (κ3) is 4.60. The van der Waals surface area contributed by atoms with Gasteiger partial charge in [-0.3, -0.25) is 15.6 Å². The molecule has 27 heavy (non-hydrogen) atoms. The first-order valence-corrected chi connectivity index (χ1v) is 9.14. The highest BCUT2D eigenvalue weighted by molar-refractivity contribution is 9.10. The van der Waals surface area contributed by atoms with Crippen LogP contribution in [0.4, 0.5) is 23.0 Å². The van der Waals surface area contributed by atoms with Crippen molar-refractivity contribution in [2.75, 3.05) is 16.5 Å². The molecule has 7 nitrogen and oxygen atoms in total. The molecule has 0 aliphatic rings. The van der Waals surface area contributed by atoms with Gasteiger partial charge >= 0.3 is 0 Å². The van der Waals surface area contributed by atoms with Crippen LogP contribution in [0.25, 0.3) is 0 Å². The van der Waals surface area contributed by atoms with E-state index < -0.39 is 0 Å². The lowest BCUT2D eigenvalue weighted by atomic mass is 10.2. The van der Waals surface area contributed by atoms with Crippen LogP contribution in [0.3, 0.4) is 0 Å². The van der Waals surface area contributed by atoms with E-state index >= 15 is 0 Å². The number of nitrogens with zero attached hydrogens (tertiary/aromatic N) is 2. The molecule has 0 atom stereocenters. The van der Waals surface area contributed by atoms with E-state index in [1.165, 1.54) is 6.33 Å². The Morgan fingerprint density at radius 2 is 1.81 bits per heavy atom. The lowest BCUT2D eigenvalue weighted by Gasteiger charge is -2.14. The average Bonchev–Trinajstić information content (AvgIpc) is 2.65. The lowest BCUT2D eigenvalue weighted by molar-refractivity contribution is 0.0962. The maximum Gasteiger partial charge on any atom is 0.270 e. The van der Waals surface area contributed by atoms with Crippen molar-refractivity contribution in [2.45, 2.75) is 0 Å². The number of benzene rings is 2. The van der Waals surface area contributed by atoms with Crippen molar-refractivity contribution in [1.29, 1.82) is 0 Å². The number of hydrogen-bond donors (Lipinski definition) is 4. The third-order valence-corrected chi connectivity index (χ3v) is 4.73. The maximum atomic E-state index is 12.3. The molecule has 0 fully saturated rings. The van der Waals surface area contributed by atoms with Crippen LogP contribution in [0.5, 0.6) is 0 Å². The molecule has 1 heterocycles. The molecule has 10 heteroatoms. The number of carbonyl (C=O) groups excluding carboxylic acids is 1. The molecule has 1 aromatic heterocycles. The highest BCUT2D eigenvalue weighted by Gasteiger charge is 2.13. The van der Waals surface area contributed by atoms with Gasteiger partial charge in [0.2, 0.25) is 0 Å². The Labute approximate surface area is 173 Å². The Morgan fingerprint density at radius 1 is 1.07 bits per heavy atom. The van der Waals surface area contributed by atoms with Gasteiger partial charge in [0.1, 0.15) is 12.0 Å². The molecule has 0 aliphatic carbocycles. The summed E-state index contributed by atoms with van der Waals surface area (Å²) < 4.78 is 0.665. The van der Waals surface area contributed by atoms with Gasteiger partial charge in [-0.25, -0.2) is 9.97 Å². The highest BCUT2D eigenvalue weighted by atomic mass is 79.9. The number of carbonyl (C=O) groups is 1. The minimum Gasteiger partial charge on any atom is -0.393 e. The van der Waals surface area contributed by atoms with Crippen molar-refractivity contribution in [3.8, 4) is 0 Å². The molecule has 138 valence electrons. The summed E-state index contributed by atoms with van der Waals surface area (Å²) >= 11 is 15.5. The molecule has 0 bridgehead atoms. The smallest absolute Gasteiger partial charge is 0.270 e. The number of anilines is 4. The zero-order valence-corrected chi connectivity index (χ0v) is 16.7. The van der Waals surface area contributed by atoms with Gasteiger partial charge in [-0.05, 0) is 46.3 Å². The second kappa shape index (κ2) is 8.43. The van der Waals surface area contributed by atoms with Crippen LogP contribution >= 0.6 is 39.1 Å². The van der Waals surface area contributed by atoms with E-state index in [9.17, 15) is 4.79 Å². The summed E-state index contributed by atoms with van der Waals surface area (Å²) in [6, 6.07) is 12.0. The number of nitrogens with one attached hydrogen (secondary N) is 3. The topological polar surface area (TPSA) is 105 Å². The largest absolute Gasteiger partial charge is 0.393 e. The summed E-state index contributed by atoms with van der Waals surface area (Å²) in [7, 11) is 0. The van der Waals surface area contributed by atoms with Gasteiger partial charge in [-0.15, -0.1) is 0 Å². The minimum atomic E-state index is -0.354. The number of aromatic nitrogens is 2. The lowest BCUT2D eigenvalue weighted by Crippen LogP contribution is -2.30. The standard InChI is InChI=1S/C17H13BrCl2N6O/c18-11-4-2-1-3-10(11)17(27)26-25-16-14(21)15(22-8-23-16)24-13-7-9(19)5-6-12(13)20/h1-8H,21H2,(H,26,27)(H2,22,23,24,25). The van der Waals surface area contributed by atoms with Crippen molar-refractivity contribution < 1.29 is 4.79 Å². The number of nitrogens with two attached hydrogens (primary N) is 1. The van der Waals surface area contributed by atoms with Crippen LogP contribution in [0.2, 0.25) is 10.0 Å². The van der Waals surface area contributed by atoms with Crippen LogP contribution in [0.15, 0.2) is 53.3 Å². The van der Waals surface area contributed by atoms with Crippen LogP contribution in [-0.2, 0) is 0 Å². The first-order chi connectivity index (χ1) is 13.0. The van der Waals surface area contributed by atoms with Gasteiger partial charge in [0.15, 0.2) is 11.6 Å². The fourth-order valence-electron chi connectivity index (χ4n) is 2.14. The number of hydrogen-bond acceptors (Lipinski definition) is 6. The monoisotopic (exact) mass is 466 g/mol. The van der Waals surface area contributed by atoms with Gasteiger partial charge in [0.05, 0.1) is 16.3 Å². The second-order valence-electron chi connectivity index (χ2n) is 5.29. The van der Waals surface area contributed by atoms with Gasteiger partial charge in [-0.2, -0.15) is 0 Å². The van der Waals surface area contributed by atoms with Crippen LogP contribution < -0.4 is 21.9 Å². The number of amides is 1. The predicted octanol–water partition coefficient (Wildman–Crippen LogP) is 4.63. The second-order valence-corrected chi connectivity index (χ2v) is 6.99. The van der Waals surface area contributed by atoms with Crippen LogP contribution in [-0.4, -0.2) is 15.9 Å². The predicted molar refractivity (Wildman–Crippen MR) is 111 cm³/mol. The van der Waals surface area contributed by atoms with E-state index in [0.29, 0.717) is 31.6 Å². The number of hydrazine groups is 1. The van der Waals surface area contributed by atoms with E-state index in [1.807, 2.05) is 6.07 Å². The minimum absolute atomic E-state index is 0.195. The van der Waals surface area contributed by atoms with Crippen molar-refractivity contribution >= 4 is 68.0 Å². The summed E-state index contributed by atoms with van der Waals surface area (Å²) in [5, 5.41) is 3.96. The van der Waals surface area contributed by atoms with Crippen molar-refractivity contribution in [3.05, 3.63) is 68.9 Å². The van der Waals surface area contributed by atoms with E-state index in [-0.39, 0.29) is 17.4 Å². The molecule has 3 aromatic rings. The van der Waals surface area contributed by atoms with E-state index in [1.54, 1.807) is 36.4 Å². The normalized spacial score (nSPS) is 10.3. The molecule has 0 aliphatic heterocycles. The van der Waals surface area contributed by atoms with Gasteiger partial charge in [0.25, 0.3) is 5.91 Å². The van der Waals surface area contributed by atoms with Gasteiger partial charge in [0, 0.05) is 9.50 Å². The Kier molecular flexibility index (Phi) is 6.00. The molecular weight excluding hydrogens is 455 g/mol. The quantitative estimate of drug-likeness (QED) is 0.408. The summed E-state index contributed by atoms with van der Waals surface area (Å²) in [4.78, 5) is 20.4. The first-order valence-electron chi connectivity index (χ1n) is 7.59. The maximum absolute atomic E-state index is 12.3. The SMILES string of the molecule is Nc1c(NNC(=O)c2ccccc2Br)ncnc1Nc1cc(Cl)ccc1Cl. The average molecular weight is 468 g/mol. The van der Waals surface area contributed by atoms with E-state index in [2.05, 4.69) is 42.1 Å². The fourth-order valence-corrected chi connectivity index (χ4v) is 2.95. The molecule has 0 saturated carbocycles. The van der Waals surface area contributed by atoms with Crippen LogP contribution in [0, 0.1) is 0 Å². The van der Waals surface area contributed by atoms with Crippen molar-refractivity contribution in [3.63, 3.8) is 0 Å². The highest BCUT2D eigenvalue weighted by Crippen LogP contribution is 2.31. The molecule has 0 radical (unpaired) electrons. The van der Waals surface area contributed by atoms with E-state index in [4.69, 9.17) is 28.9 Å². The van der Waals surface area contributed by atoms with Crippen LogP contribution in [0.1, 0.15) is 10.4 Å². The van der Waals surface area contributed by atoms with Gasteiger partial charge in [-0.1, -0.05) is 35.3 Å². The summed E-state index contributed by atoms with van der Waals surface area (Å²) in [5.41, 5.74) is 12.5. The molecule has 5 N–H and O–H groups in total. The molecule has 3 rings (SSSR count). The Balaban J connectivity index is 1.76. The Bertz CT molecular complexity index is 1000. The molecule has 0 saturated heterocycles. The zero-order chi connectivity index (χ0) is 19.4. The summed E-state index contributed by atoms with van der Waals surface area (Å²) in [6.07, 6.45) is 1.30. The third-order valence-electron chi connectivity index (χ3n) is 3.48. The molecule has 0 spiro atoms. The molecule has 2 aromatic carbocycles. The number of rotatable bonds is 5. The van der Waals surface area contributed by atoms with Crippen molar-refractivity contribution in [1.82, 2.24) is 15.4 Å². The Morgan fingerprint density at radius 3 is 2.59 bits per heavy atom. The summed E-state index contributed by atoms with van der Waals surface area (Å²) in [5.74, 6) is 0.186. The zero-order valence-electron chi connectivity index (χ0n) is 13.6. The number of nitrogen functional groups attached to an aromatic ring is 1. The first kappa shape index (κ1) is 19.2.